The molecule has 0 bridgehead atoms. The van der Waals surface area contributed by atoms with Crippen LogP contribution >= 0.6 is 0 Å². The average molecular weight is 406 g/mol. The zero-order valence-electron chi connectivity index (χ0n) is 16.3. The van der Waals surface area contributed by atoms with Crippen molar-refractivity contribution in [3.63, 3.8) is 0 Å². The number of nitrogens with zero attached hydrogens (tertiary/aromatic N) is 1. The van der Waals surface area contributed by atoms with Crippen molar-refractivity contribution in [2.24, 2.45) is 0 Å². The Morgan fingerprint density at radius 1 is 0.967 bits per heavy atom. The lowest BCUT2D eigenvalue weighted by Crippen LogP contribution is -2.23. The molecule has 0 radical (unpaired) electrons. The molecule has 1 amide bonds. The van der Waals surface area contributed by atoms with Gasteiger partial charge in [0.2, 0.25) is 0 Å². The summed E-state index contributed by atoms with van der Waals surface area (Å²) in [6, 6.07) is 18.3. The first-order valence-electron chi connectivity index (χ1n) is 9.52. The predicted molar refractivity (Wildman–Crippen MR) is 111 cm³/mol. The second-order valence-corrected chi connectivity index (χ2v) is 7.16. The summed E-state index contributed by atoms with van der Waals surface area (Å²) < 4.78 is 28.6. The molecular weight excluding hydrogens is 386 g/mol. The monoisotopic (exact) mass is 406 g/mol. The van der Waals surface area contributed by atoms with Gasteiger partial charge in [-0.05, 0) is 48.4 Å². The molecule has 4 nitrogen and oxygen atoms in total. The molecule has 0 saturated carbocycles. The molecule has 0 aliphatic rings. The van der Waals surface area contributed by atoms with Crippen LogP contribution in [0.1, 0.15) is 27.2 Å². The SMILES string of the molecule is Cc1c(C(=O)NCc2ccc(F)c(F)c2)c2cc(O)ccc2n1Cc1ccccc1. The van der Waals surface area contributed by atoms with Crippen LogP contribution in [-0.2, 0) is 13.1 Å². The molecule has 3 aromatic carbocycles. The quantitative estimate of drug-likeness (QED) is 0.495. The number of phenols is 1. The number of halogens is 2. The molecule has 4 rings (SSSR count). The summed E-state index contributed by atoms with van der Waals surface area (Å²) in [5, 5.41) is 13.4. The third-order valence-electron chi connectivity index (χ3n) is 5.15. The van der Waals surface area contributed by atoms with Crippen molar-refractivity contribution in [1.82, 2.24) is 9.88 Å². The highest BCUT2D eigenvalue weighted by molar-refractivity contribution is 6.08. The minimum atomic E-state index is -0.956. The van der Waals surface area contributed by atoms with Gasteiger partial charge in [-0.2, -0.15) is 0 Å². The van der Waals surface area contributed by atoms with Gasteiger partial charge in [0.15, 0.2) is 11.6 Å². The van der Waals surface area contributed by atoms with Crippen LogP contribution in [0.25, 0.3) is 10.9 Å². The highest BCUT2D eigenvalue weighted by Gasteiger charge is 2.20. The van der Waals surface area contributed by atoms with E-state index in [9.17, 15) is 18.7 Å². The molecule has 0 saturated heterocycles. The standard InChI is InChI=1S/C24H20F2N2O2/c1-15-23(24(30)27-13-17-7-9-20(25)21(26)11-17)19-12-18(29)8-10-22(19)28(15)14-16-5-3-2-4-6-16/h2-12,29H,13-14H2,1H3,(H,27,30). The van der Waals surface area contributed by atoms with Crippen LogP contribution < -0.4 is 5.32 Å². The molecule has 0 aliphatic carbocycles. The van der Waals surface area contributed by atoms with Gasteiger partial charge in [-0.1, -0.05) is 36.4 Å². The van der Waals surface area contributed by atoms with Crippen LogP contribution in [-0.4, -0.2) is 15.6 Å². The Balaban J connectivity index is 1.68. The van der Waals surface area contributed by atoms with E-state index in [1.807, 2.05) is 41.8 Å². The average Bonchev–Trinajstić information content (AvgIpc) is 3.00. The van der Waals surface area contributed by atoms with Gasteiger partial charge in [-0.25, -0.2) is 8.78 Å². The first-order valence-corrected chi connectivity index (χ1v) is 9.52. The molecule has 152 valence electrons. The van der Waals surface area contributed by atoms with Crippen LogP contribution in [0.5, 0.6) is 5.75 Å². The number of rotatable bonds is 5. The number of benzene rings is 3. The molecule has 0 unspecified atom stereocenters. The number of carbonyl (C=O) groups excluding carboxylic acids is 1. The zero-order valence-corrected chi connectivity index (χ0v) is 16.3. The molecule has 30 heavy (non-hydrogen) atoms. The van der Waals surface area contributed by atoms with Crippen molar-refractivity contribution in [2.45, 2.75) is 20.0 Å². The van der Waals surface area contributed by atoms with E-state index in [0.29, 0.717) is 23.1 Å². The molecule has 4 aromatic rings. The van der Waals surface area contributed by atoms with E-state index >= 15 is 0 Å². The van der Waals surface area contributed by atoms with Crippen molar-refractivity contribution in [1.29, 1.82) is 0 Å². The number of phenolic OH excluding ortho intramolecular Hbond substituents is 1. The summed E-state index contributed by atoms with van der Waals surface area (Å²) in [6.45, 7) is 2.48. The number of nitrogens with one attached hydrogen (secondary N) is 1. The molecule has 0 fully saturated rings. The first-order chi connectivity index (χ1) is 14.4. The van der Waals surface area contributed by atoms with Gasteiger partial charge in [-0.3, -0.25) is 4.79 Å². The van der Waals surface area contributed by atoms with Crippen LogP contribution in [0, 0.1) is 18.6 Å². The molecule has 0 atom stereocenters. The Kier molecular flexibility index (Phi) is 5.23. The Hall–Kier alpha value is -3.67. The molecule has 0 spiro atoms. The second kappa shape index (κ2) is 7.99. The van der Waals surface area contributed by atoms with Crippen molar-refractivity contribution in [3.05, 3.63) is 101 Å². The number of hydrogen-bond acceptors (Lipinski definition) is 2. The van der Waals surface area contributed by atoms with Gasteiger partial charge in [-0.15, -0.1) is 0 Å². The van der Waals surface area contributed by atoms with Crippen LogP contribution in [0.15, 0.2) is 66.7 Å². The van der Waals surface area contributed by atoms with Crippen molar-refractivity contribution < 1.29 is 18.7 Å². The molecular formula is C24H20F2N2O2. The lowest BCUT2D eigenvalue weighted by molar-refractivity contribution is 0.0951. The molecule has 1 heterocycles. The fourth-order valence-electron chi connectivity index (χ4n) is 3.65. The second-order valence-electron chi connectivity index (χ2n) is 7.16. The van der Waals surface area contributed by atoms with Gasteiger partial charge in [0.1, 0.15) is 5.75 Å². The van der Waals surface area contributed by atoms with Gasteiger partial charge in [0.25, 0.3) is 5.91 Å². The van der Waals surface area contributed by atoms with Gasteiger partial charge >= 0.3 is 0 Å². The Bertz CT molecular complexity index is 1230. The number of aromatic nitrogens is 1. The summed E-state index contributed by atoms with van der Waals surface area (Å²) in [5.74, 6) is -2.17. The normalized spacial score (nSPS) is 11.0. The highest BCUT2D eigenvalue weighted by atomic mass is 19.2. The Labute approximate surface area is 172 Å². The molecule has 2 N–H and O–H groups in total. The van der Waals surface area contributed by atoms with E-state index in [1.165, 1.54) is 6.07 Å². The summed E-state index contributed by atoms with van der Waals surface area (Å²) in [4.78, 5) is 13.0. The van der Waals surface area contributed by atoms with E-state index in [4.69, 9.17) is 0 Å². The maximum absolute atomic E-state index is 13.4. The minimum Gasteiger partial charge on any atom is -0.508 e. The fraction of sp³-hybridized carbons (Fsp3) is 0.125. The van der Waals surface area contributed by atoms with Crippen molar-refractivity contribution >= 4 is 16.8 Å². The van der Waals surface area contributed by atoms with Gasteiger partial charge in [0, 0.05) is 29.7 Å². The van der Waals surface area contributed by atoms with Gasteiger partial charge in [0.05, 0.1) is 5.56 Å². The maximum Gasteiger partial charge on any atom is 0.254 e. The predicted octanol–water partition coefficient (Wildman–Crippen LogP) is 4.91. The summed E-state index contributed by atoms with van der Waals surface area (Å²) in [5.41, 5.74) is 3.56. The molecule has 0 aliphatic heterocycles. The third-order valence-corrected chi connectivity index (χ3v) is 5.15. The van der Waals surface area contributed by atoms with E-state index < -0.39 is 11.6 Å². The van der Waals surface area contributed by atoms with Crippen molar-refractivity contribution in [3.8, 4) is 5.75 Å². The summed E-state index contributed by atoms with van der Waals surface area (Å²) in [7, 11) is 0. The fourth-order valence-corrected chi connectivity index (χ4v) is 3.65. The van der Waals surface area contributed by atoms with E-state index in [0.717, 1.165) is 28.9 Å². The summed E-state index contributed by atoms with van der Waals surface area (Å²) in [6.07, 6.45) is 0. The number of amides is 1. The van der Waals surface area contributed by atoms with E-state index in [-0.39, 0.29) is 18.2 Å². The summed E-state index contributed by atoms with van der Waals surface area (Å²) >= 11 is 0. The molecule has 6 heteroatoms. The number of carbonyl (C=O) groups is 1. The highest BCUT2D eigenvalue weighted by Crippen LogP contribution is 2.30. The van der Waals surface area contributed by atoms with Crippen molar-refractivity contribution in [2.75, 3.05) is 0 Å². The maximum atomic E-state index is 13.4. The topological polar surface area (TPSA) is 54.3 Å². The smallest absolute Gasteiger partial charge is 0.254 e. The lowest BCUT2D eigenvalue weighted by atomic mass is 10.1. The number of aromatic hydroxyl groups is 1. The lowest BCUT2D eigenvalue weighted by Gasteiger charge is -2.09. The van der Waals surface area contributed by atoms with Crippen LogP contribution in [0.3, 0.4) is 0 Å². The minimum absolute atomic E-state index is 0.0552. The van der Waals surface area contributed by atoms with E-state index in [1.54, 1.807) is 18.2 Å². The molecule has 1 aromatic heterocycles. The first kappa shape index (κ1) is 19.6. The van der Waals surface area contributed by atoms with Crippen LogP contribution in [0.2, 0.25) is 0 Å². The number of hydrogen-bond donors (Lipinski definition) is 2. The Morgan fingerprint density at radius 2 is 1.73 bits per heavy atom. The zero-order chi connectivity index (χ0) is 21.3. The Morgan fingerprint density at radius 3 is 2.47 bits per heavy atom. The third kappa shape index (κ3) is 3.76. The largest absolute Gasteiger partial charge is 0.508 e. The van der Waals surface area contributed by atoms with Gasteiger partial charge < -0.3 is 15.0 Å². The van der Waals surface area contributed by atoms with Crippen LogP contribution in [0.4, 0.5) is 8.78 Å². The number of fused-ring (bicyclic) bond motifs is 1. The van der Waals surface area contributed by atoms with E-state index in [2.05, 4.69) is 5.32 Å².